The van der Waals surface area contributed by atoms with Crippen LogP contribution in [0.2, 0.25) is 0 Å². The lowest BCUT2D eigenvalue weighted by Crippen LogP contribution is -2.21. The summed E-state index contributed by atoms with van der Waals surface area (Å²) in [6, 6.07) is 0.783. The fourth-order valence-corrected chi connectivity index (χ4v) is 1.48. The molecule has 0 amide bonds. The van der Waals surface area contributed by atoms with E-state index in [4.69, 9.17) is 5.73 Å². The van der Waals surface area contributed by atoms with Crippen molar-refractivity contribution in [2.75, 3.05) is 7.11 Å². The first-order valence-corrected chi connectivity index (χ1v) is 5.11. The molecule has 1 atom stereocenters. The van der Waals surface area contributed by atoms with Gasteiger partial charge in [-0.15, -0.1) is 0 Å². The first-order chi connectivity index (χ1) is 8.53. The van der Waals surface area contributed by atoms with Gasteiger partial charge in [-0.3, -0.25) is 0 Å². The average Bonchev–Trinajstić information content (AvgIpc) is 2.25. The molecule has 0 aromatic heterocycles. The molecule has 0 aliphatic carbocycles. The number of nitrogens with two attached hydrogens (primary N) is 1. The van der Waals surface area contributed by atoms with Gasteiger partial charge in [0.1, 0.15) is 5.75 Å². The molecule has 0 radical (unpaired) electrons. The quantitative estimate of drug-likeness (QED) is 0.861. The Balaban J connectivity index is 3.13. The van der Waals surface area contributed by atoms with Crippen LogP contribution in [-0.4, -0.2) is 13.3 Å². The highest BCUT2D eigenvalue weighted by Crippen LogP contribution is 2.35. The lowest BCUT2D eigenvalue weighted by molar-refractivity contribution is -0.138. The van der Waals surface area contributed by atoms with Gasteiger partial charge >= 0.3 is 12.4 Å². The van der Waals surface area contributed by atoms with Crippen LogP contribution in [0.3, 0.4) is 0 Å². The molecule has 2 nitrogen and oxygen atoms in total. The summed E-state index contributed by atoms with van der Waals surface area (Å²) in [6.45, 7) is 0. The minimum Gasteiger partial charge on any atom is -0.497 e. The second-order valence-corrected chi connectivity index (χ2v) is 3.92. The normalized spacial score (nSPS) is 14.3. The Hall–Kier alpha value is -1.44. The molecule has 2 N–H and O–H groups in total. The maximum atomic E-state index is 12.6. The topological polar surface area (TPSA) is 35.2 Å². The van der Waals surface area contributed by atoms with Crippen LogP contribution >= 0.6 is 0 Å². The standard InChI is InChI=1S/C11H11F6NO/c1-19-8-3-6(9(18)5-10(12,13)14)2-7(4-8)11(15,16)17/h2-4,9H,5,18H2,1H3/t9-/m0/s1. The molecule has 1 aromatic carbocycles. The van der Waals surface area contributed by atoms with E-state index in [0.717, 1.165) is 13.2 Å². The number of benzene rings is 1. The third-order valence-corrected chi connectivity index (χ3v) is 2.37. The summed E-state index contributed by atoms with van der Waals surface area (Å²) in [5.41, 5.74) is 3.90. The largest absolute Gasteiger partial charge is 0.497 e. The van der Waals surface area contributed by atoms with Gasteiger partial charge in [-0.2, -0.15) is 26.3 Å². The Kier molecular flexibility index (Phi) is 4.34. The van der Waals surface area contributed by atoms with Crippen LogP contribution in [0.4, 0.5) is 26.3 Å². The van der Waals surface area contributed by atoms with Crippen LogP contribution < -0.4 is 10.5 Å². The highest BCUT2D eigenvalue weighted by atomic mass is 19.4. The number of rotatable bonds is 3. The van der Waals surface area contributed by atoms with Crippen LogP contribution in [-0.2, 0) is 6.18 Å². The first kappa shape index (κ1) is 15.6. The lowest BCUT2D eigenvalue weighted by atomic mass is 10.0. The fraction of sp³-hybridized carbons (Fsp3) is 0.455. The van der Waals surface area contributed by atoms with Gasteiger partial charge in [0.2, 0.25) is 0 Å². The molecule has 0 heterocycles. The first-order valence-electron chi connectivity index (χ1n) is 5.11. The van der Waals surface area contributed by atoms with E-state index in [1.165, 1.54) is 0 Å². The average molecular weight is 287 g/mol. The maximum Gasteiger partial charge on any atom is 0.416 e. The second kappa shape index (κ2) is 5.28. The van der Waals surface area contributed by atoms with Gasteiger partial charge in [0.25, 0.3) is 0 Å². The summed E-state index contributed by atoms with van der Waals surface area (Å²) in [4.78, 5) is 0. The highest BCUT2D eigenvalue weighted by molar-refractivity contribution is 5.37. The van der Waals surface area contributed by atoms with Gasteiger partial charge in [0.15, 0.2) is 0 Å². The molecule has 0 spiro atoms. The van der Waals surface area contributed by atoms with Crippen molar-refractivity contribution < 1.29 is 31.1 Å². The van der Waals surface area contributed by atoms with Crippen molar-refractivity contribution >= 4 is 0 Å². The molecule has 0 bridgehead atoms. The van der Waals surface area contributed by atoms with Crippen molar-refractivity contribution in [3.05, 3.63) is 29.3 Å². The van der Waals surface area contributed by atoms with E-state index in [-0.39, 0.29) is 11.3 Å². The summed E-state index contributed by atoms with van der Waals surface area (Å²) in [5.74, 6) is -0.192. The van der Waals surface area contributed by atoms with Crippen LogP contribution in [0.5, 0.6) is 5.75 Å². The van der Waals surface area contributed by atoms with Crippen molar-refractivity contribution in [1.29, 1.82) is 0 Å². The van der Waals surface area contributed by atoms with Crippen molar-refractivity contribution in [1.82, 2.24) is 0 Å². The minimum atomic E-state index is -4.68. The predicted octanol–water partition coefficient (Wildman–Crippen LogP) is 3.67. The molecule has 0 saturated heterocycles. The van der Waals surface area contributed by atoms with Gasteiger partial charge < -0.3 is 10.5 Å². The second-order valence-electron chi connectivity index (χ2n) is 3.92. The van der Waals surface area contributed by atoms with Crippen LogP contribution in [0.25, 0.3) is 0 Å². The molecule has 0 saturated carbocycles. The predicted molar refractivity (Wildman–Crippen MR) is 55.6 cm³/mol. The third-order valence-electron chi connectivity index (χ3n) is 2.37. The number of halogens is 6. The molecule has 19 heavy (non-hydrogen) atoms. The van der Waals surface area contributed by atoms with Crippen LogP contribution in [0.15, 0.2) is 18.2 Å². The van der Waals surface area contributed by atoms with Crippen molar-refractivity contribution in [2.45, 2.75) is 24.8 Å². The van der Waals surface area contributed by atoms with Gasteiger partial charge in [0, 0.05) is 6.04 Å². The van der Waals surface area contributed by atoms with Crippen molar-refractivity contribution in [3.8, 4) is 5.75 Å². The summed E-state index contributed by atoms with van der Waals surface area (Å²) in [6.07, 6.45) is -10.6. The molecular formula is C11H11F6NO. The molecule has 0 fully saturated rings. The molecule has 8 heteroatoms. The van der Waals surface area contributed by atoms with E-state index in [1.54, 1.807) is 0 Å². The van der Waals surface area contributed by atoms with E-state index < -0.39 is 30.4 Å². The zero-order chi connectivity index (χ0) is 14.8. The van der Waals surface area contributed by atoms with Gasteiger partial charge in [-0.25, -0.2) is 0 Å². The zero-order valence-electron chi connectivity index (χ0n) is 9.77. The number of ether oxygens (including phenoxy) is 1. The molecule has 0 aliphatic rings. The summed E-state index contributed by atoms with van der Waals surface area (Å²) in [7, 11) is 1.12. The van der Waals surface area contributed by atoms with E-state index in [9.17, 15) is 26.3 Å². The summed E-state index contributed by atoms with van der Waals surface area (Å²) in [5, 5.41) is 0. The number of alkyl halides is 6. The molecule has 1 aromatic rings. The Bertz CT molecular complexity index is 440. The van der Waals surface area contributed by atoms with Gasteiger partial charge in [-0.05, 0) is 23.8 Å². The Morgan fingerprint density at radius 3 is 2.11 bits per heavy atom. The lowest BCUT2D eigenvalue weighted by Gasteiger charge is -2.17. The summed E-state index contributed by atoms with van der Waals surface area (Å²) < 4.78 is 78.9. The van der Waals surface area contributed by atoms with Crippen LogP contribution in [0.1, 0.15) is 23.6 Å². The summed E-state index contributed by atoms with van der Waals surface area (Å²) >= 11 is 0. The van der Waals surface area contributed by atoms with Crippen molar-refractivity contribution in [2.24, 2.45) is 5.73 Å². The highest BCUT2D eigenvalue weighted by Gasteiger charge is 2.34. The molecule has 0 aliphatic heterocycles. The van der Waals surface area contributed by atoms with E-state index in [2.05, 4.69) is 4.74 Å². The Morgan fingerprint density at radius 1 is 1.11 bits per heavy atom. The van der Waals surface area contributed by atoms with Crippen molar-refractivity contribution in [3.63, 3.8) is 0 Å². The number of hydrogen-bond acceptors (Lipinski definition) is 2. The zero-order valence-corrected chi connectivity index (χ0v) is 9.77. The Labute approximate surface area is 105 Å². The third kappa shape index (κ3) is 4.62. The number of hydrogen-bond donors (Lipinski definition) is 1. The monoisotopic (exact) mass is 287 g/mol. The van der Waals surface area contributed by atoms with Gasteiger partial charge in [0.05, 0.1) is 19.1 Å². The minimum absolute atomic E-state index is 0.192. The smallest absolute Gasteiger partial charge is 0.416 e. The molecule has 0 unspecified atom stereocenters. The molecular weight excluding hydrogens is 276 g/mol. The molecule has 1 rings (SSSR count). The van der Waals surface area contributed by atoms with E-state index in [0.29, 0.717) is 12.1 Å². The Morgan fingerprint density at radius 2 is 1.68 bits per heavy atom. The number of methoxy groups -OCH3 is 1. The fourth-order valence-electron chi connectivity index (χ4n) is 1.48. The SMILES string of the molecule is COc1cc([C@@H](N)CC(F)(F)F)cc(C(F)(F)F)c1. The van der Waals surface area contributed by atoms with Gasteiger partial charge in [-0.1, -0.05) is 0 Å². The molecule has 108 valence electrons. The van der Waals surface area contributed by atoms with E-state index in [1.807, 2.05) is 0 Å². The van der Waals surface area contributed by atoms with Crippen LogP contribution in [0, 0.1) is 0 Å². The van der Waals surface area contributed by atoms with E-state index >= 15 is 0 Å². The maximum absolute atomic E-state index is 12.6.